The molecule has 0 radical (unpaired) electrons. The van der Waals surface area contributed by atoms with Crippen molar-refractivity contribution in [2.75, 3.05) is 44.7 Å². The van der Waals surface area contributed by atoms with Crippen LogP contribution in [0.4, 0.5) is 5.95 Å². The molecule has 9 nitrogen and oxygen atoms in total. The van der Waals surface area contributed by atoms with E-state index in [0.29, 0.717) is 35.2 Å². The average molecular weight is 411 g/mol. The second kappa shape index (κ2) is 8.93. The van der Waals surface area contributed by atoms with Gasteiger partial charge in [0.15, 0.2) is 11.2 Å². The molecule has 10 heteroatoms. The fourth-order valence-corrected chi connectivity index (χ4v) is 3.37. The van der Waals surface area contributed by atoms with Crippen LogP contribution in [0.2, 0.25) is 0 Å². The molecule has 0 unspecified atom stereocenters. The van der Waals surface area contributed by atoms with E-state index in [-0.39, 0.29) is 5.56 Å². The largest absolute Gasteiger partial charge is 0.379 e. The molecule has 0 spiro atoms. The normalized spacial score (nSPS) is 16.1. The maximum Gasteiger partial charge on any atom is 0.332 e. The Labute approximate surface area is 168 Å². The first-order valence-electron chi connectivity index (χ1n) is 9.42. The number of anilines is 1. The number of rotatable bonds is 7. The molecule has 2 aromatic rings. The molecule has 0 atom stereocenters. The molecular formula is C18H27ClN6O3. The molecule has 28 heavy (non-hydrogen) atoms. The zero-order chi connectivity index (χ0) is 20.3. The van der Waals surface area contributed by atoms with Gasteiger partial charge in [-0.3, -0.25) is 18.8 Å². The maximum absolute atomic E-state index is 12.7. The first-order chi connectivity index (χ1) is 13.4. The summed E-state index contributed by atoms with van der Waals surface area (Å²) in [7, 11) is 3.09. The van der Waals surface area contributed by atoms with Gasteiger partial charge in [-0.2, -0.15) is 4.98 Å². The van der Waals surface area contributed by atoms with E-state index in [4.69, 9.17) is 16.3 Å². The van der Waals surface area contributed by atoms with Crippen LogP contribution in [0.3, 0.4) is 0 Å². The van der Waals surface area contributed by atoms with Crippen LogP contribution in [0.1, 0.15) is 13.3 Å². The van der Waals surface area contributed by atoms with Crippen LogP contribution in [-0.4, -0.2) is 63.0 Å². The first-order valence-corrected chi connectivity index (χ1v) is 9.80. The van der Waals surface area contributed by atoms with E-state index in [1.165, 1.54) is 11.6 Å². The molecule has 0 saturated carbocycles. The van der Waals surface area contributed by atoms with Crippen molar-refractivity contribution >= 4 is 28.7 Å². The van der Waals surface area contributed by atoms with Crippen LogP contribution in [-0.2, 0) is 25.4 Å². The van der Waals surface area contributed by atoms with Crippen molar-refractivity contribution in [3.05, 3.63) is 31.9 Å². The Morgan fingerprint density at radius 2 is 1.96 bits per heavy atom. The number of hydrogen-bond acceptors (Lipinski definition) is 6. The van der Waals surface area contributed by atoms with Crippen molar-refractivity contribution in [1.82, 2.24) is 23.6 Å². The summed E-state index contributed by atoms with van der Waals surface area (Å²) in [5.41, 5.74) is -0.0171. The number of ether oxygens (including phenoxy) is 1. The number of nitrogens with one attached hydrogen (secondary N) is 1. The standard InChI is InChI=1S/C18H27ClN6O3/c1-13(19)5-8-25-14-15(22(2)18(27)23(3)16(14)26)21-17(25)20-6-4-7-24-9-11-28-12-10-24/h5H,4,6-12H2,1-3H3,(H,20,21)/b13-5+. The van der Waals surface area contributed by atoms with Gasteiger partial charge in [0, 0.05) is 45.3 Å². The van der Waals surface area contributed by atoms with E-state index in [1.54, 1.807) is 18.5 Å². The van der Waals surface area contributed by atoms with E-state index in [1.807, 2.05) is 6.08 Å². The van der Waals surface area contributed by atoms with Gasteiger partial charge in [-0.1, -0.05) is 17.7 Å². The zero-order valence-corrected chi connectivity index (χ0v) is 17.3. The SMILES string of the molecule is C/C(Cl)=C\Cn1c(NCCCN2CCOCC2)nc2c1c(=O)n(C)c(=O)n2C. The summed E-state index contributed by atoms with van der Waals surface area (Å²) >= 11 is 5.99. The van der Waals surface area contributed by atoms with Crippen molar-refractivity contribution in [2.24, 2.45) is 14.1 Å². The van der Waals surface area contributed by atoms with Crippen molar-refractivity contribution in [3.8, 4) is 0 Å². The molecule has 0 amide bonds. The zero-order valence-electron chi connectivity index (χ0n) is 16.6. The minimum atomic E-state index is -0.398. The Bertz CT molecular complexity index is 980. The highest BCUT2D eigenvalue weighted by Gasteiger charge is 2.18. The number of fused-ring (bicyclic) bond motifs is 1. The van der Waals surface area contributed by atoms with Gasteiger partial charge in [0.1, 0.15) is 0 Å². The lowest BCUT2D eigenvalue weighted by Crippen LogP contribution is -2.37. The lowest BCUT2D eigenvalue weighted by molar-refractivity contribution is 0.0378. The Morgan fingerprint density at radius 1 is 1.25 bits per heavy atom. The number of allylic oxidation sites excluding steroid dienone is 2. The van der Waals surface area contributed by atoms with Gasteiger partial charge in [0.2, 0.25) is 5.95 Å². The summed E-state index contributed by atoms with van der Waals surface area (Å²) in [4.78, 5) is 31.8. The predicted molar refractivity (Wildman–Crippen MR) is 110 cm³/mol. The molecule has 1 fully saturated rings. The molecule has 2 aromatic heterocycles. The Balaban J connectivity index is 1.85. The second-order valence-corrected chi connectivity index (χ2v) is 7.55. The van der Waals surface area contributed by atoms with Crippen molar-refractivity contribution in [3.63, 3.8) is 0 Å². The average Bonchev–Trinajstić information content (AvgIpc) is 3.05. The number of aromatic nitrogens is 4. The van der Waals surface area contributed by atoms with E-state index in [0.717, 1.165) is 43.8 Å². The van der Waals surface area contributed by atoms with Gasteiger partial charge in [-0.25, -0.2) is 4.79 Å². The predicted octanol–water partition coefficient (Wildman–Crippen LogP) is 0.711. The topological polar surface area (TPSA) is 86.3 Å². The first kappa shape index (κ1) is 20.6. The number of imidazole rings is 1. The molecule has 1 aliphatic rings. The van der Waals surface area contributed by atoms with Crippen LogP contribution in [0.15, 0.2) is 20.7 Å². The summed E-state index contributed by atoms with van der Waals surface area (Å²) in [5.74, 6) is 0.560. The third kappa shape index (κ3) is 4.31. The molecule has 0 bridgehead atoms. The minimum absolute atomic E-state index is 0.365. The quantitative estimate of drug-likeness (QED) is 0.676. The Hall–Kier alpha value is -2.10. The lowest BCUT2D eigenvalue weighted by atomic mass is 10.3. The molecule has 3 heterocycles. The third-order valence-electron chi connectivity index (χ3n) is 4.94. The number of hydrogen-bond donors (Lipinski definition) is 1. The summed E-state index contributed by atoms with van der Waals surface area (Å²) in [5, 5.41) is 3.94. The monoisotopic (exact) mass is 410 g/mol. The fourth-order valence-electron chi connectivity index (χ4n) is 3.30. The molecule has 1 saturated heterocycles. The van der Waals surface area contributed by atoms with E-state index >= 15 is 0 Å². The maximum atomic E-state index is 12.7. The Kier molecular flexibility index (Phi) is 6.58. The number of nitrogens with zero attached hydrogens (tertiary/aromatic N) is 5. The van der Waals surface area contributed by atoms with Crippen LogP contribution in [0, 0.1) is 0 Å². The van der Waals surface area contributed by atoms with E-state index in [2.05, 4.69) is 15.2 Å². The Morgan fingerprint density at radius 3 is 2.64 bits per heavy atom. The van der Waals surface area contributed by atoms with Gasteiger partial charge in [0.25, 0.3) is 5.56 Å². The third-order valence-corrected chi connectivity index (χ3v) is 5.10. The van der Waals surface area contributed by atoms with Crippen molar-refractivity contribution < 1.29 is 4.74 Å². The van der Waals surface area contributed by atoms with Crippen molar-refractivity contribution in [1.29, 1.82) is 0 Å². The molecule has 3 rings (SSSR count). The summed E-state index contributed by atoms with van der Waals surface area (Å²) in [6.45, 7) is 7.33. The number of morpholine rings is 1. The smallest absolute Gasteiger partial charge is 0.332 e. The summed E-state index contributed by atoms with van der Waals surface area (Å²) in [6.07, 6.45) is 2.75. The molecular weight excluding hydrogens is 384 g/mol. The molecule has 154 valence electrons. The second-order valence-electron chi connectivity index (χ2n) is 6.95. The summed E-state index contributed by atoms with van der Waals surface area (Å²) < 4.78 is 9.63. The highest BCUT2D eigenvalue weighted by Crippen LogP contribution is 2.16. The van der Waals surface area contributed by atoms with Crippen molar-refractivity contribution in [2.45, 2.75) is 19.9 Å². The highest BCUT2D eigenvalue weighted by molar-refractivity contribution is 6.29. The van der Waals surface area contributed by atoms with Gasteiger partial charge >= 0.3 is 5.69 Å². The number of aryl methyl sites for hydroxylation is 1. The molecule has 0 aliphatic carbocycles. The molecule has 0 aromatic carbocycles. The van der Waals surface area contributed by atoms with Gasteiger partial charge in [0.05, 0.1) is 13.2 Å². The van der Waals surface area contributed by atoms with Gasteiger partial charge < -0.3 is 14.6 Å². The minimum Gasteiger partial charge on any atom is -0.379 e. The van der Waals surface area contributed by atoms with Crippen LogP contribution >= 0.6 is 11.6 Å². The molecule has 1 aliphatic heterocycles. The van der Waals surface area contributed by atoms with Gasteiger partial charge in [-0.15, -0.1) is 0 Å². The molecule has 1 N–H and O–H groups in total. The summed E-state index contributed by atoms with van der Waals surface area (Å²) in [6, 6.07) is 0. The van der Waals surface area contributed by atoms with E-state index in [9.17, 15) is 9.59 Å². The number of halogens is 1. The lowest BCUT2D eigenvalue weighted by Gasteiger charge is -2.26. The highest BCUT2D eigenvalue weighted by atomic mass is 35.5. The van der Waals surface area contributed by atoms with Crippen LogP contribution in [0.25, 0.3) is 11.2 Å². The van der Waals surface area contributed by atoms with Crippen LogP contribution in [0.5, 0.6) is 0 Å². The van der Waals surface area contributed by atoms with Gasteiger partial charge in [-0.05, 0) is 19.9 Å². The van der Waals surface area contributed by atoms with Crippen LogP contribution < -0.4 is 16.6 Å². The van der Waals surface area contributed by atoms with E-state index < -0.39 is 5.69 Å². The fraction of sp³-hybridized carbons (Fsp3) is 0.611.